The van der Waals surface area contributed by atoms with Crippen molar-refractivity contribution in [3.63, 3.8) is 0 Å². The van der Waals surface area contributed by atoms with Crippen molar-refractivity contribution < 1.29 is 9.53 Å². The number of rotatable bonds is 7. The molecule has 5 heteroatoms. The van der Waals surface area contributed by atoms with Crippen LogP contribution >= 0.6 is 0 Å². The Kier molecular flexibility index (Phi) is 6.14. The average molecular weight is 251 g/mol. The van der Waals surface area contributed by atoms with Gasteiger partial charge in [-0.15, -0.1) is 0 Å². The number of amides is 1. The lowest BCUT2D eigenvalue weighted by atomic mass is 10.2. The van der Waals surface area contributed by atoms with Gasteiger partial charge in [-0.05, 0) is 27.0 Å². The number of pyridine rings is 1. The summed E-state index contributed by atoms with van der Waals surface area (Å²) in [5.41, 5.74) is 0.893. The number of aromatic nitrogens is 1. The third-order valence-electron chi connectivity index (χ3n) is 2.28. The van der Waals surface area contributed by atoms with Gasteiger partial charge in [0.05, 0.1) is 6.10 Å². The summed E-state index contributed by atoms with van der Waals surface area (Å²) in [6.45, 7) is 5.01. The predicted molar refractivity (Wildman–Crippen MR) is 70.4 cm³/mol. The van der Waals surface area contributed by atoms with Crippen LogP contribution in [0.15, 0.2) is 18.3 Å². The molecule has 0 bridgehead atoms. The second-order valence-corrected chi connectivity index (χ2v) is 4.26. The molecule has 0 fully saturated rings. The minimum absolute atomic E-state index is 0.0173. The minimum atomic E-state index is 0.0173. The molecule has 0 aliphatic carbocycles. The quantitative estimate of drug-likeness (QED) is 0.761. The lowest BCUT2D eigenvalue weighted by Crippen LogP contribution is -2.26. The van der Waals surface area contributed by atoms with Crippen molar-refractivity contribution in [2.45, 2.75) is 32.9 Å². The average Bonchev–Trinajstić information content (AvgIpc) is 2.34. The zero-order valence-electron chi connectivity index (χ0n) is 11.2. The molecule has 100 valence electrons. The van der Waals surface area contributed by atoms with Crippen molar-refractivity contribution in [3.05, 3.63) is 23.9 Å². The van der Waals surface area contributed by atoms with Crippen LogP contribution in [0.1, 0.15) is 25.8 Å². The Bertz CT molecular complexity index is 380. The SMILES string of the molecule is CNCCC(=O)NCc1cccnc1OC(C)C. The Balaban J connectivity index is 2.53. The normalized spacial score (nSPS) is 10.4. The number of nitrogens with one attached hydrogen (secondary N) is 2. The van der Waals surface area contributed by atoms with Crippen LogP contribution in [0.25, 0.3) is 0 Å². The van der Waals surface area contributed by atoms with Gasteiger partial charge in [-0.2, -0.15) is 0 Å². The maximum atomic E-state index is 11.5. The fraction of sp³-hybridized carbons (Fsp3) is 0.538. The summed E-state index contributed by atoms with van der Waals surface area (Å²) in [7, 11) is 1.82. The first-order valence-corrected chi connectivity index (χ1v) is 6.15. The third-order valence-corrected chi connectivity index (χ3v) is 2.28. The van der Waals surface area contributed by atoms with Crippen LogP contribution in [0.4, 0.5) is 0 Å². The molecule has 1 amide bonds. The van der Waals surface area contributed by atoms with Crippen molar-refractivity contribution in [2.24, 2.45) is 0 Å². The summed E-state index contributed by atoms with van der Waals surface area (Å²) in [5.74, 6) is 0.602. The van der Waals surface area contributed by atoms with Crippen LogP contribution in [0, 0.1) is 0 Å². The number of carbonyl (C=O) groups is 1. The van der Waals surface area contributed by atoms with E-state index in [1.165, 1.54) is 0 Å². The maximum absolute atomic E-state index is 11.5. The predicted octanol–water partition coefficient (Wildman–Crippen LogP) is 1.09. The van der Waals surface area contributed by atoms with E-state index in [1.54, 1.807) is 6.20 Å². The lowest BCUT2D eigenvalue weighted by molar-refractivity contribution is -0.121. The Morgan fingerprint density at radius 3 is 2.94 bits per heavy atom. The van der Waals surface area contributed by atoms with Gasteiger partial charge in [0.15, 0.2) is 0 Å². The molecular weight excluding hydrogens is 230 g/mol. The Labute approximate surface area is 108 Å². The topological polar surface area (TPSA) is 63.2 Å². The largest absolute Gasteiger partial charge is 0.475 e. The van der Waals surface area contributed by atoms with Gasteiger partial charge in [-0.3, -0.25) is 4.79 Å². The summed E-state index contributed by atoms with van der Waals surface area (Å²) in [6.07, 6.45) is 2.22. The second kappa shape index (κ2) is 7.66. The molecule has 0 atom stereocenters. The van der Waals surface area contributed by atoms with Crippen LogP contribution in [-0.4, -0.2) is 30.6 Å². The molecular formula is C13H21N3O2. The second-order valence-electron chi connectivity index (χ2n) is 4.26. The fourth-order valence-electron chi connectivity index (χ4n) is 1.41. The van der Waals surface area contributed by atoms with E-state index in [-0.39, 0.29) is 12.0 Å². The highest BCUT2D eigenvalue weighted by atomic mass is 16.5. The standard InChI is InChI=1S/C13H21N3O2/c1-10(2)18-13-11(5-4-7-15-13)9-16-12(17)6-8-14-3/h4-5,7,10,14H,6,8-9H2,1-3H3,(H,16,17). The molecule has 0 saturated heterocycles. The number of nitrogens with zero attached hydrogens (tertiary/aromatic N) is 1. The fourth-order valence-corrected chi connectivity index (χ4v) is 1.41. The van der Waals surface area contributed by atoms with Gasteiger partial charge in [0.1, 0.15) is 0 Å². The molecule has 1 rings (SSSR count). The number of hydrogen-bond acceptors (Lipinski definition) is 4. The van der Waals surface area contributed by atoms with E-state index < -0.39 is 0 Å². The van der Waals surface area contributed by atoms with Gasteiger partial charge >= 0.3 is 0 Å². The first-order chi connectivity index (χ1) is 8.63. The van der Waals surface area contributed by atoms with E-state index in [4.69, 9.17) is 4.74 Å². The zero-order valence-corrected chi connectivity index (χ0v) is 11.2. The van der Waals surface area contributed by atoms with E-state index in [0.717, 1.165) is 5.56 Å². The highest BCUT2D eigenvalue weighted by Gasteiger charge is 2.08. The molecule has 5 nitrogen and oxygen atoms in total. The maximum Gasteiger partial charge on any atom is 0.221 e. The molecule has 0 spiro atoms. The van der Waals surface area contributed by atoms with Gasteiger partial charge in [0, 0.05) is 31.3 Å². The molecule has 18 heavy (non-hydrogen) atoms. The van der Waals surface area contributed by atoms with Gasteiger partial charge in [0.2, 0.25) is 11.8 Å². The molecule has 0 unspecified atom stereocenters. The molecule has 0 aliphatic rings. The monoisotopic (exact) mass is 251 g/mol. The van der Waals surface area contributed by atoms with E-state index in [9.17, 15) is 4.79 Å². The van der Waals surface area contributed by atoms with E-state index >= 15 is 0 Å². The first-order valence-electron chi connectivity index (χ1n) is 6.15. The van der Waals surface area contributed by atoms with Crippen molar-refractivity contribution in [2.75, 3.05) is 13.6 Å². The smallest absolute Gasteiger partial charge is 0.221 e. The van der Waals surface area contributed by atoms with Crippen molar-refractivity contribution in [3.8, 4) is 5.88 Å². The zero-order chi connectivity index (χ0) is 13.4. The van der Waals surface area contributed by atoms with Crippen LogP contribution in [0.2, 0.25) is 0 Å². The molecule has 1 heterocycles. The van der Waals surface area contributed by atoms with Crippen molar-refractivity contribution in [1.29, 1.82) is 0 Å². The van der Waals surface area contributed by atoms with E-state index in [0.29, 0.717) is 25.4 Å². The summed E-state index contributed by atoms with van der Waals surface area (Å²) in [6, 6.07) is 3.74. The molecule has 0 saturated carbocycles. The van der Waals surface area contributed by atoms with Crippen LogP contribution < -0.4 is 15.4 Å². The third kappa shape index (κ3) is 5.14. The van der Waals surface area contributed by atoms with Crippen LogP contribution in [0.3, 0.4) is 0 Å². The van der Waals surface area contributed by atoms with Gasteiger partial charge in [-0.1, -0.05) is 6.07 Å². The Morgan fingerprint density at radius 2 is 2.28 bits per heavy atom. The molecule has 1 aromatic rings. The number of ether oxygens (including phenoxy) is 1. The van der Waals surface area contributed by atoms with Gasteiger partial charge < -0.3 is 15.4 Å². The number of hydrogen-bond donors (Lipinski definition) is 2. The summed E-state index contributed by atoms with van der Waals surface area (Å²) >= 11 is 0. The van der Waals surface area contributed by atoms with E-state index in [2.05, 4.69) is 15.6 Å². The highest BCUT2D eigenvalue weighted by molar-refractivity contribution is 5.76. The highest BCUT2D eigenvalue weighted by Crippen LogP contribution is 2.15. The van der Waals surface area contributed by atoms with Crippen molar-refractivity contribution >= 4 is 5.91 Å². The number of carbonyl (C=O) groups excluding carboxylic acids is 1. The first kappa shape index (κ1) is 14.4. The minimum Gasteiger partial charge on any atom is -0.475 e. The molecule has 1 aromatic heterocycles. The van der Waals surface area contributed by atoms with Crippen LogP contribution in [0.5, 0.6) is 5.88 Å². The summed E-state index contributed by atoms with van der Waals surface area (Å²) in [5, 5.41) is 5.78. The molecule has 2 N–H and O–H groups in total. The van der Waals surface area contributed by atoms with Gasteiger partial charge in [-0.25, -0.2) is 4.98 Å². The lowest BCUT2D eigenvalue weighted by Gasteiger charge is -2.13. The van der Waals surface area contributed by atoms with Gasteiger partial charge in [0.25, 0.3) is 0 Å². The van der Waals surface area contributed by atoms with Crippen LogP contribution in [-0.2, 0) is 11.3 Å². The Morgan fingerprint density at radius 1 is 1.50 bits per heavy atom. The molecule has 0 aliphatic heterocycles. The molecule has 0 aromatic carbocycles. The summed E-state index contributed by atoms with van der Waals surface area (Å²) in [4.78, 5) is 15.7. The Hall–Kier alpha value is -1.62. The molecule has 0 radical (unpaired) electrons. The summed E-state index contributed by atoms with van der Waals surface area (Å²) < 4.78 is 5.58. The van der Waals surface area contributed by atoms with E-state index in [1.807, 2.05) is 33.0 Å². The van der Waals surface area contributed by atoms with Crippen molar-refractivity contribution in [1.82, 2.24) is 15.6 Å².